The maximum atomic E-state index is 11.0. The smallest absolute Gasteiger partial charge is 0.305 e. The molecule has 0 heterocycles. The minimum absolute atomic E-state index is 0.0606. The van der Waals surface area contributed by atoms with Gasteiger partial charge in [-0.05, 0) is 25.8 Å². The second-order valence-corrected chi connectivity index (χ2v) is 3.17. The van der Waals surface area contributed by atoms with E-state index in [2.05, 4.69) is 0 Å². The van der Waals surface area contributed by atoms with E-state index >= 15 is 0 Å². The van der Waals surface area contributed by atoms with Gasteiger partial charge in [0, 0.05) is 6.42 Å². The van der Waals surface area contributed by atoms with Gasteiger partial charge in [-0.3, -0.25) is 4.79 Å². The molecule has 0 aliphatic rings. The SMILES string of the molecule is CCCOC(=O)CCCCCCN. The van der Waals surface area contributed by atoms with Crippen LogP contribution in [0.15, 0.2) is 0 Å². The van der Waals surface area contributed by atoms with Crippen molar-refractivity contribution in [3.63, 3.8) is 0 Å². The second-order valence-electron chi connectivity index (χ2n) is 3.17. The summed E-state index contributed by atoms with van der Waals surface area (Å²) in [5.41, 5.74) is 5.34. The fourth-order valence-corrected chi connectivity index (χ4v) is 1.06. The highest BCUT2D eigenvalue weighted by Gasteiger charge is 2.00. The molecule has 0 aromatic rings. The molecule has 0 aliphatic heterocycles. The number of rotatable bonds is 8. The third-order valence-electron chi connectivity index (χ3n) is 1.80. The number of carbonyl (C=O) groups excluding carboxylic acids is 1. The second kappa shape index (κ2) is 9.52. The van der Waals surface area contributed by atoms with Crippen molar-refractivity contribution >= 4 is 5.97 Å². The van der Waals surface area contributed by atoms with Crippen LogP contribution in [0.2, 0.25) is 0 Å². The van der Waals surface area contributed by atoms with E-state index in [0.717, 1.165) is 38.6 Å². The van der Waals surface area contributed by atoms with Crippen molar-refractivity contribution in [2.45, 2.75) is 45.4 Å². The van der Waals surface area contributed by atoms with Crippen LogP contribution in [0.4, 0.5) is 0 Å². The molecule has 3 nitrogen and oxygen atoms in total. The lowest BCUT2D eigenvalue weighted by Gasteiger charge is -2.02. The molecular formula is C10H21NO2. The first-order valence-electron chi connectivity index (χ1n) is 5.17. The van der Waals surface area contributed by atoms with Gasteiger partial charge in [-0.25, -0.2) is 0 Å². The molecule has 78 valence electrons. The molecule has 0 fully saturated rings. The third kappa shape index (κ3) is 9.34. The summed E-state index contributed by atoms with van der Waals surface area (Å²) in [7, 11) is 0. The highest BCUT2D eigenvalue weighted by Crippen LogP contribution is 2.03. The minimum Gasteiger partial charge on any atom is -0.466 e. The molecule has 0 rings (SSSR count). The van der Waals surface area contributed by atoms with E-state index in [9.17, 15) is 4.79 Å². The molecule has 0 saturated heterocycles. The Labute approximate surface area is 80.6 Å². The zero-order valence-corrected chi connectivity index (χ0v) is 8.55. The van der Waals surface area contributed by atoms with Gasteiger partial charge >= 0.3 is 5.97 Å². The van der Waals surface area contributed by atoms with E-state index in [1.54, 1.807) is 0 Å². The average Bonchev–Trinajstić information content (AvgIpc) is 2.14. The lowest BCUT2D eigenvalue weighted by molar-refractivity contribution is -0.143. The number of hydrogen-bond acceptors (Lipinski definition) is 3. The molecule has 0 spiro atoms. The molecule has 0 radical (unpaired) electrons. The van der Waals surface area contributed by atoms with E-state index in [1.165, 1.54) is 0 Å². The van der Waals surface area contributed by atoms with Crippen LogP contribution in [0.25, 0.3) is 0 Å². The molecule has 3 heteroatoms. The first-order valence-corrected chi connectivity index (χ1v) is 5.17. The maximum absolute atomic E-state index is 11.0. The molecule has 0 atom stereocenters. The summed E-state index contributed by atoms with van der Waals surface area (Å²) < 4.78 is 4.93. The lowest BCUT2D eigenvalue weighted by atomic mass is 10.1. The predicted octanol–water partition coefficient (Wildman–Crippen LogP) is 1.85. The normalized spacial score (nSPS) is 10.0. The van der Waals surface area contributed by atoms with Crippen molar-refractivity contribution in [2.75, 3.05) is 13.2 Å². The summed E-state index contributed by atoms with van der Waals surface area (Å²) >= 11 is 0. The van der Waals surface area contributed by atoms with E-state index < -0.39 is 0 Å². The average molecular weight is 187 g/mol. The Balaban J connectivity index is 3.08. The Morgan fingerprint density at radius 3 is 2.54 bits per heavy atom. The molecule has 0 amide bonds. The zero-order chi connectivity index (χ0) is 9.94. The molecule has 2 N–H and O–H groups in total. The topological polar surface area (TPSA) is 52.3 Å². The van der Waals surface area contributed by atoms with Gasteiger partial charge in [-0.2, -0.15) is 0 Å². The van der Waals surface area contributed by atoms with Gasteiger partial charge in [0.1, 0.15) is 0 Å². The minimum atomic E-state index is -0.0606. The van der Waals surface area contributed by atoms with Crippen molar-refractivity contribution < 1.29 is 9.53 Å². The van der Waals surface area contributed by atoms with Crippen LogP contribution in [-0.2, 0) is 9.53 Å². The van der Waals surface area contributed by atoms with E-state index in [1.807, 2.05) is 6.92 Å². The maximum Gasteiger partial charge on any atom is 0.305 e. The number of carbonyl (C=O) groups is 1. The van der Waals surface area contributed by atoms with Crippen LogP contribution in [0.1, 0.15) is 45.4 Å². The van der Waals surface area contributed by atoms with Crippen LogP contribution in [-0.4, -0.2) is 19.1 Å². The molecule has 0 saturated carbocycles. The standard InChI is InChI=1S/C10H21NO2/c1-2-9-13-10(12)7-5-3-4-6-8-11/h2-9,11H2,1H3. The van der Waals surface area contributed by atoms with E-state index in [4.69, 9.17) is 10.5 Å². The van der Waals surface area contributed by atoms with Crippen molar-refractivity contribution in [1.29, 1.82) is 0 Å². The van der Waals surface area contributed by atoms with Crippen molar-refractivity contribution in [3.05, 3.63) is 0 Å². The summed E-state index contributed by atoms with van der Waals surface area (Å²) in [5, 5.41) is 0. The molecule has 0 aliphatic carbocycles. The quantitative estimate of drug-likeness (QED) is 0.466. The fourth-order valence-electron chi connectivity index (χ4n) is 1.06. The molecule has 0 aromatic heterocycles. The van der Waals surface area contributed by atoms with Gasteiger partial charge in [0.15, 0.2) is 0 Å². The van der Waals surface area contributed by atoms with Gasteiger partial charge in [0.2, 0.25) is 0 Å². The summed E-state index contributed by atoms with van der Waals surface area (Å²) in [6, 6.07) is 0. The Morgan fingerprint density at radius 1 is 1.23 bits per heavy atom. The molecule has 0 aromatic carbocycles. The number of esters is 1. The Bertz CT molecular complexity index is 126. The summed E-state index contributed by atoms with van der Waals surface area (Å²) in [6.07, 6.45) is 5.66. The Kier molecular flexibility index (Phi) is 9.10. The van der Waals surface area contributed by atoms with Crippen LogP contribution in [0.5, 0.6) is 0 Å². The van der Waals surface area contributed by atoms with Crippen molar-refractivity contribution in [1.82, 2.24) is 0 Å². The molecule has 0 unspecified atom stereocenters. The number of ether oxygens (including phenoxy) is 1. The Hall–Kier alpha value is -0.570. The first kappa shape index (κ1) is 12.4. The van der Waals surface area contributed by atoms with Gasteiger partial charge in [-0.1, -0.05) is 19.8 Å². The van der Waals surface area contributed by atoms with Gasteiger partial charge in [-0.15, -0.1) is 0 Å². The number of unbranched alkanes of at least 4 members (excludes halogenated alkanes) is 3. The van der Waals surface area contributed by atoms with Crippen molar-refractivity contribution in [2.24, 2.45) is 5.73 Å². The summed E-state index contributed by atoms with van der Waals surface area (Å²) in [6.45, 7) is 3.30. The van der Waals surface area contributed by atoms with Crippen molar-refractivity contribution in [3.8, 4) is 0 Å². The van der Waals surface area contributed by atoms with Gasteiger partial charge in [0.25, 0.3) is 0 Å². The van der Waals surface area contributed by atoms with Gasteiger partial charge < -0.3 is 10.5 Å². The molecule has 13 heavy (non-hydrogen) atoms. The van der Waals surface area contributed by atoms with Crippen LogP contribution in [0, 0.1) is 0 Å². The lowest BCUT2D eigenvalue weighted by Crippen LogP contribution is -2.05. The fraction of sp³-hybridized carbons (Fsp3) is 0.900. The van der Waals surface area contributed by atoms with E-state index in [-0.39, 0.29) is 5.97 Å². The molecular weight excluding hydrogens is 166 g/mol. The zero-order valence-electron chi connectivity index (χ0n) is 8.55. The van der Waals surface area contributed by atoms with Crippen LogP contribution >= 0.6 is 0 Å². The Morgan fingerprint density at radius 2 is 1.92 bits per heavy atom. The monoisotopic (exact) mass is 187 g/mol. The van der Waals surface area contributed by atoms with Crippen LogP contribution in [0.3, 0.4) is 0 Å². The summed E-state index contributed by atoms with van der Waals surface area (Å²) in [5.74, 6) is -0.0606. The largest absolute Gasteiger partial charge is 0.466 e. The van der Waals surface area contributed by atoms with Crippen LogP contribution < -0.4 is 5.73 Å². The van der Waals surface area contributed by atoms with Gasteiger partial charge in [0.05, 0.1) is 6.61 Å². The van der Waals surface area contributed by atoms with E-state index in [0.29, 0.717) is 13.0 Å². The predicted molar refractivity (Wildman–Crippen MR) is 53.4 cm³/mol. The first-order chi connectivity index (χ1) is 6.31. The highest BCUT2D eigenvalue weighted by molar-refractivity contribution is 5.69. The molecule has 0 bridgehead atoms. The summed E-state index contributed by atoms with van der Waals surface area (Å²) in [4.78, 5) is 11.0. The number of hydrogen-bond donors (Lipinski definition) is 1. The number of nitrogens with two attached hydrogens (primary N) is 1. The highest BCUT2D eigenvalue weighted by atomic mass is 16.5. The third-order valence-corrected chi connectivity index (χ3v) is 1.80.